The van der Waals surface area contributed by atoms with Gasteiger partial charge in [-0.2, -0.15) is 0 Å². The number of hydrogen-bond donors (Lipinski definition) is 3. The molecule has 6 heteroatoms. The summed E-state index contributed by atoms with van der Waals surface area (Å²) in [4.78, 5) is 22.5. The van der Waals surface area contributed by atoms with E-state index in [1.807, 2.05) is 0 Å². The van der Waals surface area contributed by atoms with Crippen molar-refractivity contribution < 1.29 is 14.7 Å². The van der Waals surface area contributed by atoms with Gasteiger partial charge in [-0.05, 0) is 24.6 Å². The van der Waals surface area contributed by atoms with Crippen molar-refractivity contribution >= 4 is 29.3 Å². The van der Waals surface area contributed by atoms with E-state index in [0.717, 1.165) is 0 Å². The quantitative estimate of drug-likeness (QED) is 0.744. The SMILES string of the molecule is O=C(Nc1cccc(Cl)c1)NC1C=CC(C(=O)O)C1. The van der Waals surface area contributed by atoms with Crippen molar-refractivity contribution in [1.82, 2.24) is 5.32 Å². The molecule has 2 atom stereocenters. The van der Waals surface area contributed by atoms with Crippen LogP contribution in [0.1, 0.15) is 6.42 Å². The third-order valence-electron chi connectivity index (χ3n) is 2.80. The standard InChI is InChI=1S/C13H13ClN2O3/c14-9-2-1-3-10(7-9)15-13(19)16-11-5-4-8(6-11)12(17)18/h1-5,7-8,11H,6H2,(H,17,18)(H2,15,16,19). The van der Waals surface area contributed by atoms with E-state index in [4.69, 9.17) is 16.7 Å². The Kier molecular flexibility index (Phi) is 4.06. The number of hydrogen-bond acceptors (Lipinski definition) is 2. The Balaban J connectivity index is 1.86. The van der Waals surface area contributed by atoms with Gasteiger partial charge in [0.25, 0.3) is 0 Å². The molecule has 1 aliphatic carbocycles. The third-order valence-corrected chi connectivity index (χ3v) is 3.03. The number of carbonyl (C=O) groups is 2. The highest BCUT2D eigenvalue weighted by molar-refractivity contribution is 6.30. The molecule has 0 radical (unpaired) electrons. The number of anilines is 1. The van der Waals surface area contributed by atoms with Crippen molar-refractivity contribution in [3.05, 3.63) is 41.4 Å². The van der Waals surface area contributed by atoms with Crippen molar-refractivity contribution in [2.45, 2.75) is 12.5 Å². The smallest absolute Gasteiger partial charge is 0.319 e. The van der Waals surface area contributed by atoms with Crippen LogP contribution >= 0.6 is 11.6 Å². The highest BCUT2D eigenvalue weighted by atomic mass is 35.5. The van der Waals surface area contributed by atoms with Crippen LogP contribution in [0, 0.1) is 5.92 Å². The summed E-state index contributed by atoms with van der Waals surface area (Å²) >= 11 is 5.80. The number of urea groups is 1. The largest absolute Gasteiger partial charge is 0.481 e. The molecule has 100 valence electrons. The number of carbonyl (C=O) groups excluding carboxylic acids is 1. The van der Waals surface area contributed by atoms with Gasteiger partial charge in [0.1, 0.15) is 0 Å². The minimum atomic E-state index is -0.879. The number of benzene rings is 1. The first-order valence-corrected chi connectivity index (χ1v) is 6.16. The number of halogens is 1. The number of amides is 2. The molecule has 2 amide bonds. The van der Waals surface area contributed by atoms with Crippen LogP contribution in [0.3, 0.4) is 0 Å². The van der Waals surface area contributed by atoms with E-state index in [0.29, 0.717) is 17.1 Å². The minimum Gasteiger partial charge on any atom is -0.481 e. The first-order chi connectivity index (χ1) is 9.04. The molecule has 1 aliphatic rings. The van der Waals surface area contributed by atoms with Crippen molar-refractivity contribution in [3.8, 4) is 0 Å². The molecule has 1 aromatic rings. The van der Waals surface area contributed by atoms with Crippen LogP contribution in [0.4, 0.5) is 10.5 Å². The fourth-order valence-corrected chi connectivity index (χ4v) is 2.08. The van der Waals surface area contributed by atoms with Crippen LogP contribution in [0.15, 0.2) is 36.4 Å². The van der Waals surface area contributed by atoms with Gasteiger partial charge in [-0.3, -0.25) is 4.79 Å². The lowest BCUT2D eigenvalue weighted by atomic mass is 10.1. The Bertz CT molecular complexity index is 530. The predicted octanol–water partition coefficient (Wildman–Crippen LogP) is 2.49. The average molecular weight is 281 g/mol. The summed E-state index contributed by atoms with van der Waals surface area (Å²) in [5, 5.41) is 14.7. The molecule has 0 fully saturated rings. The number of carboxylic acids is 1. The number of rotatable bonds is 3. The summed E-state index contributed by atoms with van der Waals surface area (Å²) in [7, 11) is 0. The zero-order valence-electron chi connectivity index (χ0n) is 9.97. The monoisotopic (exact) mass is 280 g/mol. The lowest BCUT2D eigenvalue weighted by Gasteiger charge is -2.13. The second-order valence-corrected chi connectivity index (χ2v) is 4.72. The molecular weight excluding hydrogens is 268 g/mol. The molecule has 19 heavy (non-hydrogen) atoms. The zero-order valence-corrected chi connectivity index (χ0v) is 10.7. The lowest BCUT2D eigenvalue weighted by molar-refractivity contribution is -0.140. The summed E-state index contributed by atoms with van der Waals surface area (Å²) in [6.45, 7) is 0. The molecule has 2 rings (SSSR count). The van der Waals surface area contributed by atoms with Crippen LogP contribution < -0.4 is 10.6 Å². The van der Waals surface area contributed by atoms with Crippen LogP contribution in [-0.4, -0.2) is 23.1 Å². The van der Waals surface area contributed by atoms with Gasteiger partial charge in [0.05, 0.1) is 12.0 Å². The Morgan fingerprint density at radius 3 is 2.74 bits per heavy atom. The third kappa shape index (κ3) is 3.72. The number of aliphatic carboxylic acids is 1. The Hall–Kier alpha value is -2.01. The molecule has 0 heterocycles. The summed E-state index contributed by atoms with van der Waals surface area (Å²) in [6, 6.07) is 6.14. The first-order valence-electron chi connectivity index (χ1n) is 5.79. The topological polar surface area (TPSA) is 78.4 Å². The second-order valence-electron chi connectivity index (χ2n) is 4.28. The Labute approximate surface area is 115 Å². The summed E-state index contributed by atoms with van der Waals surface area (Å²) < 4.78 is 0. The first kappa shape index (κ1) is 13.4. The lowest BCUT2D eigenvalue weighted by Crippen LogP contribution is -2.36. The summed E-state index contributed by atoms with van der Waals surface area (Å²) in [5.41, 5.74) is 0.585. The summed E-state index contributed by atoms with van der Waals surface area (Å²) in [5.74, 6) is -1.41. The molecule has 0 aromatic heterocycles. The maximum absolute atomic E-state index is 11.7. The molecule has 0 saturated heterocycles. The molecule has 2 unspecified atom stereocenters. The van der Waals surface area contributed by atoms with Crippen molar-refractivity contribution in [3.63, 3.8) is 0 Å². The number of carboxylic acid groups (broad SMARTS) is 1. The molecule has 0 saturated carbocycles. The van der Waals surface area contributed by atoms with E-state index in [2.05, 4.69) is 10.6 Å². The van der Waals surface area contributed by atoms with Crippen LogP contribution in [0.5, 0.6) is 0 Å². The van der Waals surface area contributed by atoms with Crippen LogP contribution in [0.25, 0.3) is 0 Å². The van der Waals surface area contributed by atoms with Gasteiger partial charge >= 0.3 is 12.0 Å². The van der Waals surface area contributed by atoms with E-state index in [9.17, 15) is 9.59 Å². The van der Waals surface area contributed by atoms with E-state index < -0.39 is 11.9 Å². The van der Waals surface area contributed by atoms with Gasteiger partial charge in [-0.1, -0.05) is 29.8 Å². The van der Waals surface area contributed by atoms with E-state index >= 15 is 0 Å². The predicted molar refractivity (Wildman–Crippen MR) is 72.3 cm³/mol. The van der Waals surface area contributed by atoms with Crippen LogP contribution in [0.2, 0.25) is 5.02 Å². The molecule has 1 aromatic carbocycles. The molecule has 3 N–H and O–H groups in total. The van der Waals surface area contributed by atoms with Crippen LogP contribution in [-0.2, 0) is 4.79 Å². The van der Waals surface area contributed by atoms with Gasteiger partial charge in [0.15, 0.2) is 0 Å². The zero-order chi connectivity index (χ0) is 13.8. The van der Waals surface area contributed by atoms with E-state index in [1.165, 1.54) is 0 Å². The highest BCUT2D eigenvalue weighted by Crippen LogP contribution is 2.18. The summed E-state index contributed by atoms with van der Waals surface area (Å²) in [6.07, 6.45) is 3.65. The van der Waals surface area contributed by atoms with Crippen molar-refractivity contribution in [1.29, 1.82) is 0 Å². The Morgan fingerprint density at radius 2 is 2.11 bits per heavy atom. The highest BCUT2D eigenvalue weighted by Gasteiger charge is 2.25. The van der Waals surface area contributed by atoms with E-state index in [1.54, 1.807) is 36.4 Å². The average Bonchev–Trinajstić information content (AvgIpc) is 2.77. The fourth-order valence-electron chi connectivity index (χ4n) is 1.89. The number of nitrogens with one attached hydrogen (secondary N) is 2. The van der Waals surface area contributed by atoms with E-state index in [-0.39, 0.29) is 12.1 Å². The van der Waals surface area contributed by atoms with Crippen molar-refractivity contribution in [2.75, 3.05) is 5.32 Å². The van der Waals surface area contributed by atoms with Gasteiger partial charge in [-0.25, -0.2) is 4.79 Å². The Morgan fingerprint density at radius 1 is 1.32 bits per heavy atom. The molecule has 0 bridgehead atoms. The second kappa shape index (κ2) is 5.75. The van der Waals surface area contributed by atoms with Gasteiger partial charge in [-0.15, -0.1) is 0 Å². The molecule has 0 spiro atoms. The van der Waals surface area contributed by atoms with Crippen molar-refractivity contribution in [2.24, 2.45) is 5.92 Å². The van der Waals surface area contributed by atoms with Gasteiger partial charge in [0.2, 0.25) is 0 Å². The molecular formula is C13H13ClN2O3. The maximum atomic E-state index is 11.7. The fraction of sp³-hybridized carbons (Fsp3) is 0.231. The van der Waals surface area contributed by atoms with Gasteiger partial charge < -0.3 is 15.7 Å². The normalized spacial score (nSPS) is 21.1. The van der Waals surface area contributed by atoms with Gasteiger partial charge in [0, 0.05) is 10.7 Å². The maximum Gasteiger partial charge on any atom is 0.319 e. The molecule has 5 nitrogen and oxygen atoms in total. The minimum absolute atomic E-state index is 0.264. The molecule has 0 aliphatic heterocycles.